The van der Waals surface area contributed by atoms with Crippen molar-refractivity contribution in [2.45, 2.75) is 25.9 Å². The van der Waals surface area contributed by atoms with Crippen LogP contribution in [0.1, 0.15) is 42.6 Å². The molecule has 0 aliphatic carbocycles. The van der Waals surface area contributed by atoms with E-state index in [9.17, 15) is 14.7 Å². The van der Waals surface area contributed by atoms with Crippen molar-refractivity contribution in [1.29, 1.82) is 0 Å². The third-order valence-electron chi connectivity index (χ3n) is 4.70. The number of aromatic hydroxyl groups is 1. The number of benzene rings is 2. The lowest BCUT2D eigenvalue weighted by Gasteiger charge is -2.19. The minimum Gasteiger partial charge on any atom is -0.504 e. The molecule has 2 aromatic rings. The molecular formula is C23H24O7. The van der Waals surface area contributed by atoms with Gasteiger partial charge in [0.2, 0.25) is 0 Å². The third-order valence-corrected chi connectivity index (χ3v) is 4.70. The van der Waals surface area contributed by atoms with Crippen molar-refractivity contribution in [3.8, 4) is 17.2 Å². The summed E-state index contributed by atoms with van der Waals surface area (Å²) in [6.07, 6.45) is 2.32. The lowest BCUT2D eigenvalue weighted by molar-refractivity contribution is -0.146. The summed E-state index contributed by atoms with van der Waals surface area (Å²) in [4.78, 5) is 24.4. The number of ether oxygens (including phenoxy) is 4. The van der Waals surface area contributed by atoms with Crippen LogP contribution in [0.4, 0.5) is 0 Å². The predicted octanol–water partition coefficient (Wildman–Crippen LogP) is 3.76. The van der Waals surface area contributed by atoms with Gasteiger partial charge in [0.05, 0.1) is 20.3 Å². The van der Waals surface area contributed by atoms with Gasteiger partial charge in [-0.1, -0.05) is 12.1 Å². The summed E-state index contributed by atoms with van der Waals surface area (Å²) in [7, 11) is 1.45. The summed E-state index contributed by atoms with van der Waals surface area (Å²) in [5.41, 5.74) is 2.06. The average molecular weight is 412 g/mol. The number of carbonyl (C=O) groups is 2. The molecule has 0 saturated heterocycles. The second-order valence-corrected chi connectivity index (χ2v) is 6.58. The molecule has 0 spiro atoms. The Hall–Kier alpha value is -3.48. The van der Waals surface area contributed by atoms with E-state index in [4.69, 9.17) is 18.9 Å². The molecule has 30 heavy (non-hydrogen) atoms. The maximum absolute atomic E-state index is 12.8. The van der Waals surface area contributed by atoms with Gasteiger partial charge in [0.25, 0.3) is 0 Å². The minimum absolute atomic E-state index is 0.00386. The Balaban J connectivity index is 1.98. The van der Waals surface area contributed by atoms with Crippen molar-refractivity contribution >= 4 is 18.0 Å². The van der Waals surface area contributed by atoms with Crippen LogP contribution in [0.2, 0.25) is 0 Å². The molecule has 0 aromatic heterocycles. The van der Waals surface area contributed by atoms with Gasteiger partial charge in [-0.25, -0.2) is 4.79 Å². The standard InChI is InChI=1S/C23H24O7/c1-4-28-20(25)11-7-14-6-10-18-16(12-14)21(23(26)29-5-2)22(30-18)15-8-9-17(24)19(13-15)27-3/h6-13,21-22,24H,4-5H2,1-3H3. The van der Waals surface area contributed by atoms with E-state index < -0.39 is 24.0 Å². The summed E-state index contributed by atoms with van der Waals surface area (Å²) in [6, 6.07) is 10.2. The highest BCUT2D eigenvalue weighted by atomic mass is 16.5. The molecule has 2 unspecified atom stereocenters. The number of carbonyl (C=O) groups excluding carboxylic acids is 2. The monoisotopic (exact) mass is 412 g/mol. The number of hydrogen-bond donors (Lipinski definition) is 1. The van der Waals surface area contributed by atoms with Crippen LogP contribution in [-0.2, 0) is 19.1 Å². The Labute approximate surface area is 174 Å². The van der Waals surface area contributed by atoms with Crippen LogP contribution >= 0.6 is 0 Å². The molecule has 2 aromatic carbocycles. The highest BCUT2D eigenvalue weighted by molar-refractivity contribution is 5.87. The fourth-order valence-electron chi connectivity index (χ4n) is 3.36. The number of fused-ring (bicyclic) bond motifs is 1. The van der Waals surface area contributed by atoms with Crippen molar-refractivity contribution in [1.82, 2.24) is 0 Å². The summed E-state index contributed by atoms with van der Waals surface area (Å²) in [6.45, 7) is 4.01. The zero-order chi connectivity index (χ0) is 21.7. The molecule has 7 nitrogen and oxygen atoms in total. The van der Waals surface area contributed by atoms with E-state index in [0.29, 0.717) is 23.5 Å². The van der Waals surface area contributed by atoms with Gasteiger partial charge in [-0.3, -0.25) is 4.79 Å². The fourth-order valence-corrected chi connectivity index (χ4v) is 3.36. The molecule has 7 heteroatoms. The molecule has 1 aliphatic heterocycles. The summed E-state index contributed by atoms with van der Waals surface area (Å²) >= 11 is 0. The van der Waals surface area contributed by atoms with Crippen LogP contribution in [0.15, 0.2) is 42.5 Å². The fraction of sp³-hybridized carbons (Fsp3) is 0.304. The lowest BCUT2D eigenvalue weighted by atomic mass is 9.90. The molecule has 0 amide bonds. The molecule has 0 fully saturated rings. The molecule has 0 bridgehead atoms. The first-order valence-electron chi connectivity index (χ1n) is 9.67. The Bertz CT molecular complexity index is 964. The number of hydrogen-bond acceptors (Lipinski definition) is 7. The maximum atomic E-state index is 12.8. The highest BCUT2D eigenvalue weighted by Crippen LogP contribution is 2.48. The van der Waals surface area contributed by atoms with Gasteiger partial charge in [0, 0.05) is 11.6 Å². The van der Waals surface area contributed by atoms with E-state index in [0.717, 1.165) is 5.56 Å². The first-order valence-corrected chi connectivity index (χ1v) is 9.67. The van der Waals surface area contributed by atoms with Crippen molar-refractivity contribution in [3.63, 3.8) is 0 Å². The Morgan fingerprint density at radius 1 is 1.10 bits per heavy atom. The molecule has 0 radical (unpaired) electrons. The van der Waals surface area contributed by atoms with Gasteiger partial charge in [0.15, 0.2) is 11.5 Å². The molecule has 158 valence electrons. The lowest BCUT2D eigenvalue weighted by Crippen LogP contribution is -2.21. The zero-order valence-electron chi connectivity index (χ0n) is 17.1. The first-order chi connectivity index (χ1) is 14.5. The predicted molar refractivity (Wildman–Crippen MR) is 110 cm³/mol. The van der Waals surface area contributed by atoms with Gasteiger partial charge < -0.3 is 24.1 Å². The number of phenols is 1. The van der Waals surface area contributed by atoms with E-state index >= 15 is 0 Å². The molecule has 0 saturated carbocycles. The number of phenolic OH excluding ortho intramolecular Hbond substituents is 1. The summed E-state index contributed by atoms with van der Waals surface area (Å²) < 4.78 is 21.5. The second kappa shape index (κ2) is 9.35. The van der Waals surface area contributed by atoms with Gasteiger partial charge in [-0.15, -0.1) is 0 Å². The molecule has 1 N–H and O–H groups in total. The van der Waals surface area contributed by atoms with Gasteiger partial charge >= 0.3 is 11.9 Å². The molecule has 2 atom stereocenters. The number of esters is 2. The minimum atomic E-state index is -0.704. The number of methoxy groups -OCH3 is 1. The maximum Gasteiger partial charge on any atom is 0.330 e. The number of rotatable bonds is 7. The highest BCUT2D eigenvalue weighted by Gasteiger charge is 2.42. The van der Waals surface area contributed by atoms with Crippen LogP contribution in [0.5, 0.6) is 17.2 Å². The smallest absolute Gasteiger partial charge is 0.330 e. The average Bonchev–Trinajstić information content (AvgIpc) is 3.12. The third kappa shape index (κ3) is 4.40. The van der Waals surface area contributed by atoms with Crippen molar-refractivity contribution in [2.75, 3.05) is 20.3 Å². The summed E-state index contributed by atoms with van der Waals surface area (Å²) in [5.74, 6) is -0.725. The van der Waals surface area contributed by atoms with Crippen LogP contribution in [0.3, 0.4) is 0 Å². The largest absolute Gasteiger partial charge is 0.504 e. The summed E-state index contributed by atoms with van der Waals surface area (Å²) in [5, 5.41) is 9.89. The van der Waals surface area contributed by atoms with Gasteiger partial charge in [-0.2, -0.15) is 0 Å². The SMILES string of the molecule is CCOC(=O)C=Cc1ccc2c(c1)C(C(=O)OCC)C(c1ccc(O)c(OC)c1)O2. The topological polar surface area (TPSA) is 91.3 Å². The normalized spacial score (nSPS) is 17.3. The van der Waals surface area contributed by atoms with Crippen molar-refractivity contribution in [3.05, 3.63) is 59.2 Å². The molecule has 1 heterocycles. The second-order valence-electron chi connectivity index (χ2n) is 6.58. The van der Waals surface area contributed by atoms with E-state index in [2.05, 4.69) is 0 Å². The van der Waals surface area contributed by atoms with Crippen LogP contribution < -0.4 is 9.47 Å². The van der Waals surface area contributed by atoms with Gasteiger partial charge in [-0.05, 0) is 55.3 Å². The van der Waals surface area contributed by atoms with E-state index in [1.54, 1.807) is 50.3 Å². The molecular weight excluding hydrogens is 388 g/mol. The Kier molecular flexibility index (Phi) is 6.61. The van der Waals surface area contributed by atoms with E-state index in [1.807, 2.05) is 0 Å². The van der Waals surface area contributed by atoms with Crippen molar-refractivity contribution in [2.24, 2.45) is 0 Å². The Morgan fingerprint density at radius 3 is 2.57 bits per heavy atom. The Morgan fingerprint density at radius 2 is 1.87 bits per heavy atom. The molecule has 3 rings (SSSR count). The quantitative estimate of drug-likeness (QED) is 0.547. The van der Waals surface area contributed by atoms with Gasteiger partial charge in [0.1, 0.15) is 17.8 Å². The first kappa shape index (κ1) is 21.2. The van der Waals surface area contributed by atoms with Crippen LogP contribution in [0.25, 0.3) is 6.08 Å². The molecule has 1 aliphatic rings. The zero-order valence-corrected chi connectivity index (χ0v) is 17.1. The van der Waals surface area contributed by atoms with E-state index in [1.165, 1.54) is 19.3 Å². The van der Waals surface area contributed by atoms with Crippen LogP contribution in [-0.4, -0.2) is 37.4 Å². The van der Waals surface area contributed by atoms with Crippen LogP contribution in [0, 0.1) is 0 Å². The van der Waals surface area contributed by atoms with Crippen molar-refractivity contribution < 1.29 is 33.6 Å². The van der Waals surface area contributed by atoms with E-state index in [-0.39, 0.29) is 18.1 Å².